The molecule has 1 fully saturated rings. The first-order valence-electron chi connectivity index (χ1n) is 15.1. The van der Waals surface area contributed by atoms with E-state index in [-0.39, 0.29) is 12.8 Å². The molecule has 242 valence electrons. The van der Waals surface area contributed by atoms with Gasteiger partial charge in [-0.25, -0.2) is 9.48 Å². The summed E-state index contributed by atoms with van der Waals surface area (Å²) in [6.45, 7) is 9.56. The van der Waals surface area contributed by atoms with Crippen LogP contribution in [0.15, 0.2) is 43.0 Å². The first-order chi connectivity index (χ1) is 21.6. The largest absolute Gasteiger partial charge is 0.486 e. The van der Waals surface area contributed by atoms with Gasteiger partial charge in [-0.3, -0.25) is 9.67 Å². The molecule has 0 bridgehead atoms. The predicted molar refractivity (Wildman–Crippen MR) is 171 cm³/mol. The SMILES string of the molecule is C[C@@H](Oc1ccc2c(c1)c(-c1cnn(CCOCCOCC(=O)OC(C)(C)C)c1)nn2C1CCCCO1)c1c(Cl)cncc1Cl. The quantitative estimate of drug-likeness (QED) is 0.113. The Bertz CT molecular complexity index is 1570. The van der Waals surface area contributed by atoms with Gasteiger partial charge in [0.1, 0.15) is 29.8 Å². The zero-order valence-corrected chi connectivity index (χ0v) is 27.5. The van der Waals surface area contributed by atoms with Crippen molar-refractivity contribution in [1.82, 2.24) is 24.5 Å². The number of rotatable bonds is 13. The number of fused-ring (bicyclic) bond motifs is 1. The highest BCUT2D eigenvalue weighted by atomic mass is 35.5. The van der Waals surface area contributed by atoms with Gasteiger partial charge in [-0.1, -0.05) is 23.2 Å². The van der Waals surface area contributed by atoms with E-state index in [0.29, 0.717) is 54.3 Å². The van der Waals surface area contributed by atoms with Crippen LogP contribution in [0.25, 0.3) is 22.2 Å². The monoisotopic (exact) mass is 659 g/mol. The van der Waals surface area contributed by atoms with Gasteiger partial charge in [-0.05, 0) is 65.2 Å². The van der Waals surface area contributed by atoms with Crippen LogP contribution in [0.2, 0.25) is 10.0 Å². The number of halogens is 2. The molecule has 13 heteroatoms. The molecule has 1 aliphatic heterocycles. The van der Waals surface area contributed by atoms with E-state index in [1.807, 2.05) is 61.5 Å². The number of nitrogens with zero attached hydrogens (tertiary/aromatic N) is 5. The minimum atomic E-state index is -0.535. The number of benzene rings is 1. The van der Waals surface area contributed by atoms with Crippen LogP contribution in [0.3, 0.4) is 0 Å². The number of carbonyl (C=O) groups excluding carboxylic acids is 1. The third kappa shape index (κ3) is 8.74. The Morgan fingerprint density at radius 3 is 2.60 bits per heavy atom. The summed E-state index contributed by atoms with van der Waals surface area (Å²) in [6, 6.07) is 5.91. The fourth-order valence-corrected chi connectivity index (χ4v) is 5.80. The summed E-state index contributed by atoms with van der Waals surface area (Å²) < 4.78 is 32.4. The Kier molecular flexibility index (Phi) is 11.0. The highest BCUT2D eigenvalue weighted by Crippen LogP contribution is 2.37. The Labute approximate surface area is 272 Å². The molecule has 0 aliphatic carbocycles. The fourth-order valence-electron chi connectivity index (χ4n) is 5.13. The lowest BCUT2D eigenvalue weighted by atomic mass is 10.1. The maximum absolute atomic E-state index is 11.7. The Balaban J connectivity index is 1.26. The van der Waals surface area contributed by atoms with Crippen LogP contribution in [0, 0.1) is 0 Å². The topological polar surface area (TPSA) is 112 Å². The summed E-state index contributed by atoms with van der Waals surface area (Å²) in [6.07, 6.45) is 9.33. The Morgan fingerprint density at radius 1 is 1.09 bits per heavy atom. The summed E-state index contributed by atoms with van der Waals surface area (Å²) in [5.74, 6) is 0.256. The van der Waals surface area contributed by atoms with E-state index in [0.717, 1.165) is 41.4 Å². The Hall–Kier alpha value is -3.22. The van der Waals surface area contributed by atoms with E-state index in [2.05, 4.69) is 10.1 Å². The fraction of sp³-hybridized carbons (Fsp3) is 0.500. The number of pyridine rings is 1. The first kappa shape index (κ1) is 33.2. The van der Waals surface area contributed by atoms with Gasteiger partial charge in [-0.2, -0.15) is 10.2 Å². The van der Waals surface area contributed by atoms with Gasteiger partial charge in [0.15, 0.2) is 6.23 Å². The molecular weight excluding hydrogens is 621 g/mol. The van der Waals surface area contributed by atoms with Crippen LogP contribution >= 0.6 is 23.2 Å². The van der Waals surface area contributed by atoms with Crippen LogP contribution in [0.1, 0.15) is 64.9 Å². The van der Waals surface area contributed by atoms with Gasteiger partial charge >= 0.3 is 5.97 Å². The van der Waals surface area contributed by atoms with Gasteiger partial charge in [0.25, 0.3) is 0 Å². The molecule has 1 aliphatic rings. The lowest BCUT2D eigenvalue weighted by molar-refractivity contribution is -0.160. The summed E-state index contributed by atoms with van der Waals surface area (Å²) in [5, 5.41) is 11.4. The van der Waals surface area contributed by atoms with Crippen LogP contribution < -0.4 is 4.74 Å². The smallest absolute Gasteiger partial charge is 0.332 e. The molecule has 5 rings (SSSR count). The molecule has 1 saturated heterocycles. The lowest BCUT2D eigenvalue weighted by Gasteiger charge is -2.23. The van der Waals surface area contributed by atoms with E-state index in [4.69, 9.17) is 52.0 Å². The van der Waals surface area contributed by atoms with Crippen molar-refractivity contribution in [3.63, 3.8) is 0 Å². The van der Waals surface area contributed by atoms with Crippen LogP contribution in [-0.4, -0.2) is 69.1 Å². The number of esters is 1. The zero-order chi connectivity index (χ0) is 32.0. The minimum absolute atomic E-state index is 0.105. The van der Waals surface area contributed by atoms with Crippen molar-refractivity contribution in [2.24, 2.45) is 0 Å². The predicted octanol–water partition coefficient (Wildman–Crippen LogP) is 6.82. The molecule has 4 heterocycles. The molecule has 3 aromatic heterocycles. The van der Waals surface area contributed by atoms with Crippen molar-refractivity contribution in [3.8, 4) is 17.0 Å². The van der Waals surface area contributed by atoms with Gasteiger partial charge < -0.3 is 23.7 Å². The number of hydrogen-bond donors (Lipinski definition) is 0. The van der Waals surface area contributed by atoms with E-state index >= 15 is 0 Å². The summed E-state index contributed by atoms with van der Waals surface area (Å²) in [4.78, 5) is 15.8. The first-order valence-corrected chi connectivity index (χ1v) is 15.8. The summed E-state index contributed by atoms with van der Waals surface area (Å²) >= 11 is 12.8. The molecule has 0 N–H and O–H groups in total. The molecule has 1 unspecified atom stereocenters. The minimum Gasteiger partial charge on any atom is -0.486 e. The number of aromatic nitrogens is 5. The molecule has 0 radical (unpaired) electrons. The van der Waals surface area contributed by atoms with Crippen LogP contribution in [0.4, 0.5) is 0 Å². The van der Waals surface area contributed by atoms with Crippen molar-refractivity contribution in [2.75, 3.05) is 33.0 Å². The van der Waals surface area contributed by atoms with Gasteiger partial charge in [-0.15, -0.1) is 0 Å². The van der Waals surface area contributed by atoms with E-state index < -0.39 is 17.7 Å². The molecule has 45 heavy (non-hydrogen) atoms. The number of carbonyl (C=O) groups is 1. The van der Waals surface area contributed by atoms with Crippen molar-refractivity contribution >= 4 is 40.1 Å². The van der Waals surface area contributed by atoms with Crippen LogP contribution in [0.5, 0.6) is 5.75 Å². The van der Waals surface area contributed by atoms with Crippen molar-refractivity contribution < 1.29 is 28.5 Å². The van der Waals surface area contributed by atoms with Crippen molar-refractivity contribution in [2.45, 2.75) is 71.4 Å². The van der Waals surface area contributed by atoms with Crippen LogP contribution in [-0.2, 0) is 30.3 Å². The summed E-state index contributed by atoms with van der Waals surface area (Å²) in [5.41, 5.74) is 2.73. The average molecular weight is 661 g/mol. The van der Waals surface area contributed by atoms with Gasteiger partial charge in [0.2, 0.25) is 0 Å². The molecule has 1 aromatic carbocycles. The van der Waals surface area contributed by atoms with Gasteiger partial charge in [0.05, 0.1) is 48.1 Å². The molecule has 4 aromatic rings. The lowest BCUT2D eigenvalue weighted by Crippen LogP contribution is -2.27. The molecule has 0 amide bonds. The Morgan fingerprint density at radius 2 is 1.87 bits per heavy atom. The second-order valence-corrected chi connectivity index (χ2v) is 12.6. The molecule has 0 spiro atoms. The standard InChI is InChI=1S/C32H39Cl2N5O6/c1-21(30-25(33)17-35-18-26(30)34)44-23-8-9-27-24(15-23)31(37-39(27)28-7-5-6-11-43-28)22-16-36-38(19-22)10-12-41-13-14-42-20-29(40)45-32(2,3)4/h8-9,15-19,21,28H,5-7,10-14,20H2,1-4H3/t21-,28?/m1/s1. The van der Waals surface area contributed by atoms with E-state index in [1.54, 1.807) is 18.6 Å². The highest BCUT2D eigenvalue weighted by Gasteiger charge is 2.24. The normalized spacial score (nSPS) is 16.2. The van der Waals surface area contributed by atoms with Crippen molar-refractivity contribution in [1.29, 1.82) is 0 Å². The number of ether oxygens (including phenoxy) is 5. The maximum Gasteiger partial charge on any atom is 0.332 e. The van der Waals surface area contributed by atoms with E-state index in [9.17, 15) is 4.79 Å². The molecule has 2 atom stereocenters. The molecule has 0 saturated carbocycles. The number of hydrogen-bond acceptors (Lipinski definition) is 9. The summed E-state index contributed by atoms with van der Waals surface area (Å²) in [7, 11) is 0. The third-order valence-corrected chi connectivity index (χ3v) is 7.70. The van der Waals surface area contributed by atoms with Crippen molar-refractivity contribution in [3.05, 3.63) is 58.6 Å². The van der Waals surface area contributed by atoms with E-state index in [1.165, 1.54) is 0 Å². The molecule has 11 nitrogen and oxygen atoms in total. The molecular formula is C32H39Cl2N5O6. The zero-order valence-electron chi connectivity index (χ0n) is 26.0. The second-order valence-electron chi connectivity index (χ2n) is 11.8. The average Bonchev–Trinajstić information content (AvgIpc) is 3.61. The van der Waals surface area contributed by atoms with Gasteiger partial charge in [0, 0.05) is 41.7 Å². The highest BCUT2D eigenvalue weighted by molar-refractivity contribution is 6.35. The maximum atomic E-state index is 11.7. The second kappa shape index (κ2) is 14.9. The third-order valence-electron chi connectivity index (χ3n) is 7.10.